The van der Waals surface area contributed by atoms with E-state index in [0.717, 1.165) is 5.56 Å². The van der Waals surface area contributed by atoms with Crippen molar-refractivity contribution in [3.8, 4) is 0 Å². The molecule has 8 heteroatoms. The van der Waals surface area contributed by atoms with Gasteiger partial charge in [-0.05, 0) is 43.9 Å². The maximum atomic E-state index is 12.8. The Kier molecular flexibility index (Phi) is 6.87. The number of carbonyl (C=O) groups excluding carboxylic acids is 1. The monoisotopic (exact) mass is 421 g/mol. The van der Waals surface area contributed by atoms with Gasteiger partial charge in [0.05, 0.1) is 12.0 Å². The van der Waals surface area contributed by atoms with Gasteiger partial charge in [-0.25, -0.2) is 8.42 Å². The first kappa shape index (κ1) is 21.0. The Morgan fingerprint density at radius 2 is 2.00 bits per heavy atom. The van der Waals surface area contributed by atoms with Crippen molar-refractivity contribution in [2.24, 2.45) is 5.92 Å². The van der Waals surface area contributed by atoms with Gasteiger partial charge in [0.25, 0.3) is 10.0 Å². The largest absolute Gasteiger partial charge is 0.354 e. The molecule has 2 heterocycles. The second kappa shape index (κ2) is 9.17. The molecular formula is C20H27N3O3S2. The summed E-state index contributed by atoms with van der Waals surface area (Å²) in [4.78, 5) is 14.8. The summed E-state index contributed by atoms with van der Waals surface area (Å²) < 4.78 is 27.3. The standard InChI is InChI=1S/C20H27N3O3S2/c1-22(2)18(16-8-4-3-5-9-16)14-21-20(24)17-10-6-12-23(15-17)28(25,26)19-11-7-13-27-19/h3-5,7-9,11,13,17-18H,6,10,12,14-15H2,1-2H3,(H,21,24). The summed E-state index contributed by atoms with van der Waals surface area (Å²) >= 11 is 1.21. The van der Waals surface area contributed by atoms with Crippen LogP contribution in [0.4, 0.5) is 0 Å². The van der Waals surface area contributed by atoms with E-state index < -0.39 is 10.0 Å². The van der Waals surface area contributed by atoms with Gasteiger partial charge in [-0.3, -0.25) is 4.79 Å². The predicted molar refractivity (Wildman–Crippen MR) is 112 cm³/mol. The van der Waals surface area contributed by atoms with Crippen LogP contribution in [0.15, 0.2) is 52.1 Å². The smallest absolute Gasteiger partial charge is 0.252 e. The molecule has 0 aliphatic carbocycles. The lowest BCUT2D eigenvalue weighted by Gasteiger charge is -2.31. The summed E-state index contributed by atoms with van der Waals surface area (Å²) in [6, 6.07) is 13.5. The van der Waals surface area contributed by atoms with Crippen LogP contribution in [0.3, 0.4) is 0 Å². The topological polar surface area (TPSA) is 69.7 Å². The number of hydrogen-bond donors (Lipinski definition) is 1. The highest BCUT2D eigenvalue weighted by Gasteiger charge is 2.34. The van der Waals surface area contributed by atoms with Crippen molar-refractivity contribution in [1.82, 2.24) is 14.5 Å². The molecule has 2 unspecified atom stereocenters. The van der Waals surface area contributed by atoms with Gasteiger partial charge in [0, 0.05) is 19.6 Å². The van der Waals surface area contributed by atoms with Crippen molar-refractivity contribution >= 4 is 27.3 Å². The van der Waals surface area contributed by atoms with Gasteiger partial charge in [-0.15, -0.1) is 11.3 Å². The maximum Gasteiger partial charge on any atom is 0.252 e. The quantitative estimate of drug-likeness (QED) is 0.746. The summed E-state index contributed by atoms with van der Waals surface area (Å²) in [6.07, 6.45) is 1.40. The number of benzene rings is 1. The third-order valence-corrected chi connectivity index (χ3v) is 8.36. The van der Waals surface area contributed by atoms with Crippen LogP contribution < -0.4 is 5.32 Å². The molecule has 1 aromatic carbocycles. The maximum absolute atomic E-state index is 12.8. The number of piperidine rings is 1. The first-order valence-electron chi connectivity index (χ1n) is 9.42. The van der Waals surface area contributed by atoms with E-state index in [0.29, 0.717) is 30.1 Å². The molecule has 0 saturated carbocycles. The molecule has 2 atom stereocenters. The Morgan fingerprint density at radius 1 is 1.25 bits per heavy atom. The summed E-state index contributed by atoms with van der Waals surface area (Å²) in [5.41, 5.74) is 1.14. The lowest BCUT2D eigenvalue weighted by atomic mass is 9.98. The lowest BCUT2D eigenvalue weighted by Crippen LogP contribution is -2.46. The fourth-order valence-electron chi connectivity index (χ4n) is 3.53. The Bertz CT molecular complexity index is 867. The van der Waals surface area contributed by atoms with E-state index in [1.165, 1.54) is 15.6 Å². The molecule has 3 rings (SSSR count). The first-order valence-corrected chi connectivity index (χ1v) is 11.7. The second-order valence-electron chi connectivity index (χ2n) is 7.27. The number of nitrogens with one attached hydrogen (secondary N) is 1. The van der Waals surface area contributed by atoms with Crippen molar-refractivity contribution in [1.29, 1.82) is 0 Å². The molecule has 1 aromatic heterocycles. The molecule has 1 N–H and O–H groups in total. The number of sulfonamides is 1. The van der Waals surface area contributed by atoms with Crippen molar-refractivity contribution in [2.75, 3.05) is 33.7 Å². The number of amides is 1. The van der Waals surface area contributed by atoms with E-state index in [-0.39, 0.29) is 24.4 Å². The van der Waals surface area contributed by atoms with Crippen LogP contribution in [-0.4, -0.2) is 57.3 Å². The van der Waals surface area contributed by atoms with Crippen LogP contribution in [0.25, 0.3) is 0 Å². The number of nitrogens with zero attached hydrogens (tertiary/aromatic N) is 2. The number of thiophene rings is 1. The number of rotatable bonds is 7. The van der Waals surface area contributed by atoms with Crippen LogP contribution in [0.5, 0.6) is 0 Å². The summed E-state index contributed by atoms with van der Waals surface area (Å²) in [7, 11) is 0.463. The summed E-state index contributed by atoms with van der Waals surface area (Å²) in [5, 5.41) is 4.80. The zero-order valence-corrected chi connectivity index (χ0v) is 17.9. The fraction of sp³-hybridized carbons (Fsp3) is 0.450. The van der Waals surface area contributed by atoms with E-state index in [1.54, 1.807) is 17.5 Å². The number of carbonyl (C=O) groups is 1. The van der Waals surface area contributed by atoms with Gasteiger partial charge in [0.2, 0.25) is 5.91 Å². The third-order valence-electron chi connectivity index (χ3n) is 5.12. The number of likely N-dealkylation sites (N-methyl/N-ethyl adjacent to an activating group) is 1. The van der Waals surface area contributed by atoms with Gasteiger partial charge in [-0.1, -0.05) is 36.4 Å². The molecule has 1 amide bonds. The lowest BCUT2D eigenvalue weighted by molar-refractivity contribution is -0.126. The predicted octanol–water partition coefficient (Wildman–Crippen LogP) is 2.57. The molecule has 6 nitrogen and oxygen atoms in total. The molecule has 2 aromatic rings. The third kappa shape index (κ3) is 4.81. The van der Waals surface area contributed by atoms with Crippen molar-refractivity contribution < 1.29 is 13.2 Å². The minimum absolute atomic E-state index is 0.0692. The average molecular weight is 422 g/mol. The van der Waals surface area contributed by atoms with Crippen LogP contribution in [0, 0.1) is 5.92 Å². The van der Waals surface area contributed by atoms with Crippen molar-refractivity contribution in [2.45, 2.75) is 23.1 Å². The molecule has 0 radical (unpaired) electrons. The van der Waals surface area contributed by atoms with Gasteiger partial charge < -0.3 is 10.2 Å². The zero-order valence-electron chi connectivity index (χ0n) is 16.2. The SMILES string of the molecule is CN(C)C(CNC(=O)C1CCCN(S(=O)(=O)c2cccs2)C1)c1ccccc1. The van der Waals surface area contributed by atoms with Gasteiger partial charge in [0.1, 0.15) is 4.21 Å². The molecule has 1 aliphatic rings. The number of hydrogen-bond acceptors (Lipinski definition) is 5. The van der Waals surface area contributed by atoms with Gasteiger partial charge in [-0.2, -0.15) is 4.31 Å². The fourth-order valence-corrected chi connectivity index (χ4v) is 6.20. The van der Waals surface area contributed by atoms with Crippen LogP contribution in [-0.2, 0) is 14.8 Å². The van der Waals surface area contributed by atoms with Crippen LogP contribution in [0.2, 0.25) is 0 Å². The minimum Gasteiger partial charge on any atom is -0.354 e. The highest BCUT2D eigenvalue weighted by molar-refractivity contribution is 7.91. The summed E-state index contributed by atoms with van der Waals surface area (Å²) in [5.74, 6) is -0.393. The van der Waals surface area contributed by atoms with Crippen molar-refractivity contribution in [3.63, 3.8) is 0 Å². The molecule has 1 fully saturated rings. The second-order valence-corrected chi connectivity index (χ2v) is 10.4. The molecule has 28 heavy (non-hydrogen) atoms. The molecule has 0 spiro atoms. The molecule has 0 bridgehead atoms. The highest BCUT2D eigenvalue weighted by atomic mass is 32.2. The average Bonchev–Trinajstić information content (AvgIpc) is 3.24. The Morgan fingerprint density at radius 3 is 2.64 bits per heavy atom. The minimum atomic E-state index is -3.51. The van der Waals surface area contributed by atoms with E-state index in [1.807, 2.05) is 44.4 Å². The highest BCUT2D eigenvalue weighted by Crippen LogP contribution is 2.26. The van der Waals surface area contributed by atoms with E-state index in [4.69, 9.17) is 0 Å². The van der Waals surface area contributed by atoms with E-state index >= 15 is 0 Å². The molecule has 152 valence electrons. The molecular weight excluding hydrogens is 394 g/mol. The molecule has 1 saturated heterocycles. The van der Waals surface area contributed by atoms with Crippen molar-refractivity contribution in [3.05, 3.63) is 53.4 Å². The van der Waals surface area contributed by atoms with E-state index in [2.05, 4.69) is 10.2 Å². The van der Waals surface area contributed by atoms with E-state index in [9.17, 15) is 13.2 Å². The normalized spacial score (nSPS) is 19.5. The Labute approximate surface area is 171 Å². The zero-order chi connectivity index (χ0) is 20.1. The Balaban J connectivity index is 1.62. The van der Waals surface area contributed by atoms with Gasteiger partial charge in [0.15, 0.2) is 0 Å². The summed E-state index contributed by atoms with van der Waals surface area (Å²) in [6.45, 7) is 1.20. The first-order chi connectivity index (χ1) is 13.4. The Hall–Kier alpha value is -1.74. The van der Waals surface area contributed by atoms with Crippen LogP contribution >= 0.6 is 11.3 Å². The molecule has 1 aliphatic heterocycles. The van der Waals surface area contributed by atoms with Crippen LogP contribution in [0.1, 0.15) is 24.4 Å². The van der Waals surface area contributed by atoms with Gasteiger partial charge >= 0.3 is 0 Å².